The first-order valence-corrected chi connectivity index (χ1v) is 15.0. The number of aromatic nitrogens is 4. The van der Waals surface area contributed by atoms with Gasteiger partial charge in [0, 0.05) is 0 Å². The second-order valence-electron chi connectivity index (χ2n) is 10.5. The van der Waals surface area contributed by atoms with Crippen molar-refractivity contribution in [2.75, 3.05) is 16.9 Å². The van der Waals surface area contributed by atoms with Crippen LogP contribution in [0.25, 0.3) is 11.2 Å². The van der Waals surface area contributed by atoms with Gasteiger partial charge in [-0.3, -0.25) is 14.3 Å². The maximum Gasteiger partial charge on any atom is 0.280 e. The van der Waals surface area contributed by atoms with Crippen molar-refractivity contribution in [2.24, 2.45) is 0 Å². The molecule has 12 heteroatoms. The number of nitrogens with one attached hydrogen (secondary N) is 2. The molecular weight excluding hydrogens is 671 g/mol. The summed E-state index contributed by atoms with van der Waals surface area (Å²) in [6.45, 7) is 1.05. The molecule has 0 spiro atoms. The van der Waals surface area contributed by atoms with E-state index < -0.39 is 35.0 Å². The van der Waals surface area contributed by atoms with Crippen molar-refractivity contribution in [2.45, 2.75) is 36.3 Å². The number of nitrogens with zero attached hydrogens (tertiary/aromatic N) is 3. The van der Waals surface area contributed by atoms with Crippen molar-refractivity contribution in [1.29, 1.82) is 0 Å². The van der Waals surface area contributed by atoms with Gasteiger partial charge in [0.1, 0.15) is 11.3 Å². The van der Waals surface area contributed by atoms with E-state index in [1.165, 1.54) is 0 Å². The van der Waals surface area contributed by atoms with Gasteiger partial charge in [0.2, 0.25) is 11.8 Å². The molecule has 0 bridgehead atoms. The number of anilines is 1. The second kappa shape index (κ2) is 11.0. The number of hydrogen-bond donors (Lipinski definition) is 3. The Morgan fingerprint density at radius 3 is 2.16 bits per heavy atom. The molecule has 1 aliphatic rings. The van der Waals surface area contributed by atoms with Crippen LogP contribution in [0.2, 0.25) is 0 Å². The molecule has 222 valence electrons. The zero-order chi connectivity index (χ0) is 30.4. The van der Waals surface area contributed by atoms with E-state index in [4.69, 9.17) is 9.47 Å². The van der Waals surface area contributed by atoms with Gasteiger partial charge in [-0.1, -0.05) is 95.4 Å². The first kappa shape index (κ1) is 29.2. The first-order chi connectivity index (χ1) is 20.6. The summed E-state index contributed by atoms with van der Waals surface area (Å²) in [7, 11) is 1.59. The summed E-state index contributed by atoms with van der Waals surface area (Å²) in [4.78, 5) is 24.9. The highest BCUT2D eigenvalue weighted by Crippen LogP contribution is 2.49. The SMILES string of the molecule is COc1ccc(C(Nc2nc3c(ncn3[C@@H]3O[C@](F)(CI)[C@@H](O)[C@@]3(C)F)c(=O)[nH]2)(c2ccccc2)c2ccccc2)cc1. The fourth-order valence-electron chi connectivity index (χ4n) is 5.62. The molecule has 5 aromatic rings. The molecule has 1 saturated heterocycles. The summed E-state index contributed by atoms with van der Waals surface area (Å²) in [6.07, 6.45) is -2.54. The summed E-state index contributed by atoms with van der Waals surface area (Å²) in [6, 6.07) is 26.8. The summed E-state index contributed by atoms with van der Waals surface area (Å²) in [5.41, 5.74) is -1.88. The number of aliphatic hydroxyl groups excluding tert-OH is 1. The van der Waals surface area contributed by atoms with Gasteiger partial charge in [-0.05, 0) is 35.7 Å². The van der Waals surface area contributed by atoms with Crippen LogP contribution in [-0.4, -0.2) is 53.8 Å². The Labute approximate surface area is 259 Å². The second-order valence-corrected chi connectivity index (χ2v) is 11.3. The van der Waals surface area contributed by atoms with Crippen LogP contribution in [-0.2, 0) is 10.3 Å². The first-order valence-electron chi connectivity index (χ1n) is 13.4. The molecule has 43 heavy (non-hydrogen) atoms. The Morgan fingerprint density at radius 1 is 1.05 bits per heavy atom. The molecule has 3 aromatic carbocycles. The van der Waals surface area contributed by atoms with E-state index in [1.54, 1.807) is 29.7 Å². The number of aromatic amines is 1. The topological polar surface area (TPSA) is 114 Å². The zero-order valence-corrected chi connectivity index (χ0v) is 25.3. The molecule has 0 saturated carbocycles. The fourth-order valence-corrected chi connectivity index (χ4v) is 6.22. The van der Waals surface area contributed by atoms with Crippen LogP contribution < -0.4 is 15.6 Å². The van der Waals surface area contributed by atoms with Crippen molar-refractivity contribution in [3.05, 3.63) is 118 Å². The molecule has 3 N–H and O–H groups in total. The van der Waals surface area contributed by atoms with E-state index in [1.807, 2.05) is 84.9 Å². The minimum Gasteiger partial charge on any atom is -0.497 e. The van der Waals surface area contributed by atoms with E-state index >= 15 is 8.78 Å². The third-order valence-corrected chi connectivity index (χ3v) is 8.88. The van der Waals surface area contributed by atoms with Gasteiger partial charge in [0.25, 0.3) is 5.56 Å². The molecule has 0 radical (unpaired) electrons. The van der Waals surface area contributed by atoms with Gasteiger partial charge in [-0.15, -0.1) is 0 Å². The molecule has 3 heterocycles. The number of fused-ring (bicyclic) bond motifs is 1. The van der Waals surface area contributed by atoms with Crippen molar-refractivity contribution < 1.29 is 23.4 Å². The molecule has 4 atom stereocenters. The smallest absolute Gasteiger partial charge is 0.280 e. The number of imidazole rings is 1. The standard InChI is InChI=1S/C31H28F2IN5O4/c1-29(32)26(41)30(33,17-34)43-27(29)39-18-35-23-24(39)36-28(37-25(23)40)38-31(19-9-5-3-6-10-19,20-11-7-4-8-12-20)21-13-15-22(42-2)16-14-21/h3-16,18,26-27,41H,17H2,1-2H3,(H2,36,37,38,40)/t26-,27+,29+,30+/m0/s1. The van der Waals surface area contributed by atoms with E-state index in [9.17, 15) is 9.90 Å². The normalized spacial score (nSPS) is 23.9. The Morgan fingerprint density at radius 2 is 1.63 bits per heavy atom. The maximum absolute atomic E-state index is 15.8. The van der Waals surface area contributed by atoms with Crippen molar-refractivity contribution in [3.8, 4) is 5.75 Å². The quantitative estimate of drug-likeness (QED) is 0.115. The largest absolute Gasteiger partial charge is 0.497 e. The Balaban J connectivity index is 1.55. The third kappa shape index (κ3) is 4.77. The maximum atomic E-state index is 15.8. The van der Waals surface area contributed by atoms with Crippen LogP contribution in [0.3, 0.4) is 0 Å². The minimum absolute atomic E-state index is 0.0438. The molecule has 9 nitrogen and oxygen atoms in total. The Hall–Kier alpha value is -3.88. The molecular formula is C31H28F2IN5O4. The molecule has 1 fully saturated rings. The number of H-pyrrole nitrogens is 1. The van der Waals surface area contributed by atoms with Crippen LogP contribution in [0.15, 0.2) is 96.1 Å². The van der Waals surface area contributed by atoms with Crippen LogP contribution in [0, 0.1) is 0 Å². The Bertz CT molecular complexity index is 1760. The molecule has 0 unspecified atom stereocenters. The lowest BCUT2D eigenvalue weighted by Gasteiger charge is -2.37. The number of hydrogen-bond acceptors (Lipinski definition) is 7. The highest BCUT2D eigenvalue weighted by molar-refractivity contribution is 14.1. The number of aliphatic hydroxyl groups is 1. The molecule has 6 rings (SSSR count). The predicted molar refractivity (Wildman–Crippen MR) is 166 cm³/mol. The average molecular weight is 699 g/mol. The van der Waals surface area contributed by atoms with Crippen LogP contribution in [0.5, 0.6) is 5.75 Å². The number of methoxy groups -OCH3 is 1. The fraction of sp³-hybridized carbons (Fsp3) is 0.258. The van der Waals surface area contributed by atoms with E-state index in [0.717, 1.165) is 34.5 Å². The minimum atomic E-state index is -2.64. The zero-order valence-electron chi connectivity index (χ0n) is 23.2. The number of rotatable bonds is 8. The molecule has 0 amide bonds. The third-order valence-electron chi connectivity index (χ3n) is 7.84. The average Bonchev–Trinajstić information content (AvgIpc) is 3.53. The highest BCUT2D eigenvalue weighted by Gasteiger charge is 2.64. The molecule has 0 aliphatic carbocycles. The van der Waals surface area contributed by atoms with Crippen LogP contribution in [0.4, 0.5) is 14.7 Å². The van der Waals surface area contributed by atoms with E-state index in [0.29, 0.717) is 5.75 Å². The number of ether oxygens (including phenoxy) is 2. The Kier molecular flexibility index (Phi) is 7.47. The van der Waals surface area contributed by atoms with E-state index in [2.05, 4.69) is 20.3 Å². The monoisotopic (exact) mass is 699 g/mol. The van der Waals surface area contributed by atoms with Crippen LogP contribution >= 0.6 is 22.6 Å². The lowest BCUT2D eigenvalue weighted by Crippen LogP contribution is -2.45. The van der Waals surface area contributed by atoms with E-state index in [-0.39, 0.29) is 21.5 Å². The van der Waals surface area contributed by atoms with Crippen molar-refractivity contribution in [1.82, 2.24) is 19.5 Å². The van der Waals surface area contributed by atoms with Gasteiger partial charge in [0.05, 0.1) is 17.9 Å². The van der Waals surface area contributed by atoms with Gasteiger partial charge < -0.3 is 19.9 Å². The number of halogens is 3. The summed E-state index contributed by atoms with van der Waals surface area (Å²) < 4.78 is 42.8. The van der Waals surface area contributed by atoms with Crippen molar-refractivity contribution in [3.63, 3.8) is 0 Å². The summed E-state index contributed by atoms with van der Waals surface area (Å²) in [5, 5.41) is 13.9. The highest BCUT2D eigenvalue weighted by atomic mass is 127. The number of benzene rings is 3. The van der Waals surface area contributed by atoms with Crippen molar-refractivity contribution >= 4 is 39.7 Å². The molecule has 2 aromatic heterocycles. The van der Waals surface area contributed by atoms with Gasteiger partial charge >= 0.3 is 0 Å². The van der Waals surface area contributed by atoms with Gasteiger partial charge in [0.15, 0.2) is 29.2 Å². The molecule has 1 aliphatic heterocycles. The number of alkyl halides is 3. The van der Waals surface area contributed by atoms with Gasteiger partial charge in [-0.2, -0.15) is 4.98 Å². The predicted octanol–water partition coefficient (Wildman–Crippen LogP) is 5.25. The summed E-state index contributed by atoms with van der Waals surface area (Å²) >= 11 is 1.69. The van der Waals surface area contributed by atoms with Crippen LogP contribution in [0.1, 0.15) is 29.8 Å². The lowest BCUT2D eigenvalue weighted by atomic mass is 9.77. The van der Waals surface area contributed by atoms with Gasteiger partial charge in [-0.25, -0.2) is 13.8 Å². The summed E-state index contributed by atoms with van der Waals surface area (Å²) in [5.74, 6) is -1.93. The lowest BCUT2D eigenvalue weighted by molar-refractivity contribution is -0.167.